The molecule has 0 saturated carbocycles. The van der Waals surface area contributed by atoms with Gasteiger partial charge in [0.2, 0.25) is 0 Å². The molecule has 0 amide bonds. The first-order valence-electron chi connectivity index (χ1n) is 3.63. The number of aromatic hydroxyl groups is 1. The van der Waals surface area contributed by atoms with Crippen LogP contribution in [0.4, 0.5) is 0 Å². The summed E-state index contributed by atoms with van der Waals surface area (Å²) in [6.45, 7) is 1.95. The molecule has 12 heavy (non-hydrogen) atoms. The van der Waals surface area contributed by atoms with E-state index in [0.717, 1.165) is 16.7 Å². The summed E-state index contributed by atoms with van der Waals surface area (Å²) in [7, 11) is 0. The Bertz CT molecular complexity index is 255. The molecule has 0 fully saturated rings. The number of rotatable bonds is 2. The summed E-state index contributed by atoms with van der Waals surface area (Å²) in [6.07, 6.45) is 0. The molecule has 0 atom stereocenters. The van der Waals surface area contributed by atoms with Gasteiger partial charge in [0.1, 0.15) is 5.75 Å². The quantitative estimate of drug-likeness (QED) is 0.735. The molecule has 0 aliphatic rings. The first-order chi connectivity index (χ1) is 5.70. The van der Waals surface area contributed by atoms with E-state index in [2.05, 4.69) is 0 Å². The average Bonchev–Trinajstić information content (AvgIpc) is 2.08. The van der Waals surface area contributed by atoms with Crippen molar-refractivity contribution >= 4 is 23.2 Å². The van der Waals surface area contributed by atoms with Gasteiger partial charge in [0, 0.05) is 11.4 Å². The van der Waals surface area contributed by atoms with Gasteiger partial charge in [-0.2, -0.15) is 0 Å². The van der Waals surface area contributed by atoms with E-state index in [-0.39, 0.29) is 5.75 Å². The Labute approximate surface area is 81.9 Å². The minimum atomic E-state index is 0.228. The zero-order valence-electron chi connectivity index (χ0n) is 6.77. The zero-order valence-corrected chi connectivity index (χ0v) is 8.28. The fraction of sp³-hybridized carbons (Fsp3) is 0.333. The van der Waals surface area contributed by atoms with Gasteiger partial charge < -0.3 is 5.11 Å². The molecule has 1 aromatic carbocycles. The molecule has 0 heterocycles. The van der Waals surface area contributed by atoms with Gasteiger partial charge in [0.05, 0.1) is 5.88 Å². The summed E-state index contributed by atoms with van der Waals surface area (Å²) >= 11 is 11.4. The maximum absolute atomic E-state index is 9.40. The Morgan fingerprint density at radius 2 is 1.75 bits per heavy atom. The van der Waals surface area contributed by atoms with E-state index in [1.165, 1.54) is 0 Å². The second kappa shape index (κ2) is 4.01. The van der Waals surface area contributed by atoms with Crippen LogP contribution in [0.2, 0.25) is 0 Å². The summed E-state index contributed by atoms with van der Waals surface area (Å²) in [6, 6.07) is 3.48. The van der Waals surface area contributed by atoms with Crippen LogP contribution >= 0.6 is 23.2 Å². The molecule has 0 aromatic heterocycles. The molecule has 0 aliphatic heterocycles. The maximum atomic E-state index is 9.40. The number of benzene rings is 1. The van der Waals surface area contributed by atoms with Gasteiger partial charge in [-0.05, 0) is 24.1 Å². The van der Waals surface area contributed by atoms with Crippen molar-refractivity contribution in [1.82, 2.24) is 0 Å². The standard InChI is InChI=1S/C9H10Cl2O/c1-6-2-3-9(12)8(5-11)7(6)4-10/h2-3,12H,4-5H2,1H3. The molecule has 1 rings (SSSR count). The van der Waals surface area contributed by atoms with E-state index in [9.17, 15) is 5.11 Å². The van der Waals surface area contributed by atoms with Gasteiger partial charge in [-0.25, -0.2) is 0 Å². The molecule has 0 unspecified atom stereocenters. The largest absolute Gasteiger partial charge is 0.508 e. The van der Waals surface area contributed by atoms with Crippen molar-refractivity contribution in [2.75, 3.05) is 0 Å². The summed E-state index contributed by atoms with van der Waals surface area (Å²) < 4.78 is 0. The number of hydrogen-bond donors (Lipinski definition) is 1. The lowest BCUT2D eigenvalue weighted by atomic mass is 10.0. The number of aryl methyl sites for hydroxylation is 1. The zero-order chi connectivity index (χ0) is 9.14. The topological polar surface area (TPSA) is 20.2 Å². The number of halogens is 2. The van der Waals surface area contributed by atoms with Crippen molar-refractivity contribution in [3.8, 4) is 5.75 Å². The fourth-order valence-corrected chi connectivity index (χ4v) is 1.80. The third kappa shape index (κ3) is 1.67. The van der Waals surface area contributed by atoms with Gasteiger partial charge in [-0.3, -0.25) is 0 Å². The number of phenols is 1. The molecule has 3 heteroatoms. The molecule has 0 spiro atoms. The van der Waals surface area contributed by atoms with E-state index < -0.39 is 0 Å². The van der Waals surface area contributed by atoms with Crippen molar-refractivity contribution in [2.24, 2.45) is 0 Å². The second-order valence-electron chi connectivity index (χ2n) is 2.63. The van der Waals surface area contributed by atoms with E-state index in [1.807, 2.05) is 13.0 Å². The van der Waals surface area contributed by atoms with Gasteiger partial charge in [-0.15, -0.1) is 23.2 Å². The average molecular weight is 205 g/mol. The Balaban J connectivity index is 3.28. The lowest BCUT2D eigenvalue weighted by molar-refractivity contribution is 0.469. The Morgan fingerprint density at radius 3 is 2.17 bits per heavy atom. The molecule has 1 N–H and O–H groups in total. The second-order valence-corrected chi connectivity index (χ2v) is 3.16. The Kier molecular flexibility index (Phi) is 3.24. The normalized spacial score (nSPS) is 10.2. The van der Waals surface area contributed by atoms with Crippen LogP contribution in [0.15, 0.2) is 12.1 Å². The molecule has 0 saturated heterocycles. The van der Waals surface area contributed by atoms with Crippen molar-refractivity contribution in [3.63, 3.8) is 0 Å². The van der Waals surface area contributed by atoms with Gasteiger partial charge in [-0.1, -0.05) is 6.07 Å². The van der Waals surface area contributed by atoms with Crippen LogP contribution in [0, 0.1) is 6.92 Å². The van der Waals surface area contributed by atoms with Crippen LogP contribution in [0.3, 0.4) is 0 Å². The molecule has 0 bridgehead atoms. The predicted octanol–water partition coefficient (Wildman–Crippen LogP) is 3.18. The minimum Gasteiger partial charge on any atom is -0.508 e. The highest BCUT2D eigenvalue weighted by Gasteiger charge is 2.08. The molecule has 66 valence electrons. The van der Waals surface area contributed by atoms with Crippen molar-refractivity contribution in [3.05, 3.63) is 28.8 Å². The summed E-state index contributed by atoms with van der Waals surface area (Å²) in [5, 5.41) is 9.40. The molecule has 0 aliphatic carbocycles. The Morgan fingerprint density at radius 1 is 1.17 bits per heavy atom. The van der Waals surface area contributed by atoms with Crippen molar-refractivity contribution in [1.29, 1.82) is 0 Å². The van der Waals surface area contributed by atoms with E-state index >= 15 is 0 Å². The van der Waals surface area contributed by atoms with Crippen LogP contribution in [-0.4, -0.2) is 5.11 Å². The highest BCUT2D eigenvalue weighted by Crippen LogP contribution is 2.26. The van der Waals surface area contributed by atoms with Gasteiger partial charge >= 0.3 is 0 Å². The Hall–Kier alpha value is -0.400. The molecule has 0 radical (unpaired) electrons. The molecule has 1 aromatic rings. The summed E-state index contributed by atoms with van der Waals surface area (Å²) in [5.41, 5.74) is 2.75. The fourth-order valence-electron chi connectivity index (χ4n) is 1.13. The third-order valence-electron chi connectivity index (χ3n) is 1.91. The SMILES string of the molecule is Cc1ccc(O)c(CCl)c1CCl. The van der Waals surface area contributed by atoms with Crippen molar-refractivity contribution < 1.29 is 5.11 Å². The van der Waals surface area contributed by atoms with Crippen LogP contribution in [0.25, 0.3) is 0 Å². The monoisotopic (exact) mass is 204 g/mol. The highest BCUT2D eigenvalue weighted by atomic mass is 35.5. The number of hydrogen-bond acceptors (Lipinski definition) is 1. The van der Waals surface area contributed by atoms with Crippen LogP contribution in [0.5, 0.6) is 5.75 Å². The van der Waals surface area contributed by atoms with Crippen LogP contribution in [-0.2, 0) is 11.8 Å². The first kappa shape index (κ1) is 9.69. The first-order valence-corrected chi connectivity index (χ1v) is 4.69. The van der Waals surface area contributed by atoms with Gasteiger partial charge in [0.15, 0.2) is 0 Å². The molecular formula is C9H10Cl2O. The molecular weight excluding hydrogens is 195 g/mol. The third-order valence-corrected chi connectivity index (χ3v) is 2.44. The predicted molar refractivity (Wildman–Crippen MR) is 52.0 cm³/mol. The minimum absolute atomic E-state index is 0.228. The summed E-state index contributed by atoms with van der Waals surface area (Å²) in [5.74, 6) is 0.920. The number of phenolic OH excluding ortho intramolecular Hbond substituents is 1. The highest BCUT2D eigenvalue weighted by molar-refractivity contribution is 6.19. The van der Waals surface area contributed by atoms with E-state index in [0.29, 0.717) is 11.8 Å². The maximum Gasteiger partial charge on any atom is 0.120 e. The lowest BCUT2D eigenvalue weighted by Crippen LogP contribution is -1.92. The van der Waals surface area contributed by atoms with E-state index in [1.54, 1.807) is 6.07 Å². The van der Waals surface area contributed by atoms with Crippen LogP contribution in [0.1, 0.15) is 16.7 Å². The van der Waals surface area contributed by atoms with Gasteiger partial charge in [0.25, 0.3) is 0 Å². The smallest absolute Gasteiger partial charge is 0.120 e. The lowest BCUT2D eigenvalue weighted by Gasteiger charge is -2.09. The van der Waals surface area contributed by atoms with E-state index in [4.69, 9.17) is 23.2 Å². The van der Waals surface area contributed by atoms with Crippen molar-refractivity contribution in [2.45, 2.75) is 18.7 Å². The van der Waals surface area contributed by atoms with Crippen LogP contribution < -0.4 is 0 Å². The number of alkyl halides is 2. The summed E-state index contributed by atoms with van der Waals surface area (Å²) in [4.78, 5) is 0. The molecule has 1 nitrogen and oxygen atoms in total.